The molecule has 0 spiro atoms. The molecular weight excluding hydrogens is 569 g/mol. The molecular formula is C30H35Cl2N3O4S. The number of nitrogens with zero attached hydrogens (tertiary/aromatic N) is 2. The molecule has 0 fully saturated rings. The number of benzene rings is 3. The molecule has 40 heavy (non-hydrogen) atoms. The quantitative estimate of drug-likeness (QED) is 0.297. The minimum Gasteiger partial charge on any atom is -0.354 e. The fraction of sp³-hybridized carbons (Fsp3) is 0.333. The van der Waals surface area contributed by atoms with E-state index < -0.39 is 28.5 Å². The first-order valence-electron chi connectivity index (χ1n) is 12.9. The zero-order valence-corrected chi connectivity index (χ0v) is 25.4. The normalized spacial score (nSPS) is 12.2. The number of amides is 2. The second-order valence-electron chi connectivity index (χ2n) is 10.2. The van der Waals surface area contributed by atoms with E-state index in [1.807, 2.05) is 75.4 Å². The summed E-state index contributed by atoms with van der Waals surface area (Å²) in [6.07, 6.45) is 1.25. The van der Waals surface area contributed by atoms with Crippen LogP contribution in [0.3, 0.4) is 0 Å². The number of carbonyl (C=O) groups excluding carboxylic acids is 2. The van der Waals surface area contributed by atoms with Gasteiger partial charge in [-0.25, -0.2) is 8.42 Å². The molecule has 0 aliphatic carbocycles. The summed E-state index contributed by atoms with van der Waals surface area (Å²) in [5, 5.41) is 3.37. The third kappa shape index (κ3) is 8.71. The number of anilines is 1. The molecule has 3 rings (SSSR count). The maximum absolute atomic E-state index is 14.1. The number of nitrogens with one attached hydrogen (secondary N) is 1. The second kappa shape index (κ2) is 14.0. The lowest BCUT2D eigenvalue weighted by Crippen LogP contribution is -2.53. The van der Waals surface area contributed by atoms with Gasteiger partial charge >= 0.3 is 0 Å². The van der Waals surface area contributed by atoms with Gasteiger partial charge in [0.15, 0.2) is 0 Å². The Morgan fingerprint density at radius 2 is 1.60 bits per heavy atom. The lowest BCUT2D eigenvalue weighted by Gasteiger charge is -2.34. The van der Waals surface area contributed by atoms with Crippen molar-refractivity contribution in [3.05, 3.63) is 99.5 Å². The molecule has 3 aromatic carbocycles. The van der Waals surface area contributed by atoms with E-state index in [0.717, 1.165) is 27.3 Å². The monoisotopic (exact) mass is 603 g/mol. The average molecular weight is 605 g/mol. The molecule has 0 radical (unpaired) electrons. The highest BCUT2D eigenvalue weighted by molar-refractivity contribution is 7.92. The first-order chi connectivity index (χ1) is 18.9. The van der Waals surface area contributed by atoms with E-state index >= 15 is 0 Å². The van der Waals surface area contributed by atoms with Gasteiger partial charge in [-0.3, -0.25) is 13.9 Å². The highest BCUT2D eigenvalue weighted by Crippen LogP contribution is 2.31. The van der Waals surface area contributed by atoms with Gasteiger partial charge < -0.3 is 10.2 Å². The second-order valence-corrected chi connectivity index (χ2v) is 12.9. The third-order valence-electron chi connectivity index (χ3n) is 6.41. The Labute approximate surface area is 247 Å². The Morgan fingerprint density at radius 3 is 2.23 bits per heavy atom. The summed E-state index contributed by atoms with van der Waals surface area (Å²) in [6.45, 7) is 5.89. The Bertz CT molecular complexity index is 1430. The lowest BCUT2D eigenvalue weighted by atomic mass is 10.0. The molecule has 0 unspecified atom stereocenters. The van der Waals surface area contributed by atoms with Crippen LogP contribution in [-0.4, -0.2) is 50.5 Å². The first-order valence-corrected chi connectivity index (χ1v) is 15.6. The molecule has 0 bridgehead atoms. The third-order valence-corrected chi connectivity index (χ3v) is 8.09. The van der Waals surface area contributed by atoms with Crippen molar-refractivity contribution in [2.24, 2.45) is 5.92 Å². The van der Waals surface area contributed by atoms with Gasteiger partial charge in [0.05, 0.1) is 17.0 Å². The number of halogens is 2. The SMILES string of the molecule is Cc1ccccc1CN(C(=O)CN(c1cc(Cl)ccc1Cl)S(C)(=O)=O)[C@H](Cc1ccccc1)C(=O)NCC(C)C. The molecule has 3 aromatic rings. The zero-order chi connectivity index (χ0) is 29.4. The molecule has 1 atom stereocenters. The van der Waals surface area contributed by atoms with Gasteiger partial charge in [0.25, 0.3) is 0 Å². The van der Waals surface area contributed by atoms with E-state index in [1.54, 1.807) is 0 Å². The van der Waals surface area contributed by atoms with Gasteiger partial charge in [-0.2, -0.15) is 0 Å². The van der Waals surface area contributed by atoms with Crippen molar-refractivity contribution in [1.82, 2.24) is 10.2 Å². The predicted octanol–water partition coefficient (Wildman–Crippen LogP) is 5.48. The number of sulfonamides is 1. The fourth-order valence-electron chi connectivity index (χ4n) is 4.22. The smallest absolute Gasteiger partial charge is 0.244 e. The molecule has 0 aliphatic heterocycles. The predicted molar refractivity (Wildman–Crippen MR) is 162 cm³/mol. The van der Waals surface area contributed by atoms with Gasteiger partial charge in [-0.1, -0.05) is 91.6 Å². The Kier molecular flexibility index (Phi) is 11.0. The van der Waals surface area contributed by atoms with Crippen LogP contribution in [0.4, 0.5) is 5.69 Å². The summed E-state index contributed by atoms with van der Waals surface area (Å²) >= 11 is 12.5. The average Bonchev–Trinajstić information content (AvgIpc) is 2.90. The van der Waals surface area contributed by atoms with Crippen LogP contribution in [0.2, 0.25) is 10.0 Å². The van der Waals surface area contributed by atoms with Crippen LogP contribution in [-0.2, 0) is 32.6 Å². The molecule has 0 aliphatic rings. The lowest BCUT2D eigenvalue weighted by molar-refractivity contribution is -0.140. The van der Waals surface area contributed by atoms with Crippen molar-refractivity contribution in [3.63, 3.8) is 0 Å². The van der Waals surface area contributed by atoms with Crippen LogP contribution in [0.1, 0.15) is 30.5 Å². The van der Waals surface area contributed by atoms with Gasteiger partial charge in [-0.05, 0) is 47.7 Å². The Hall–Kier alpha value is -3.07. The molecule has 0 aromatic heterocycles. The number of aryl methyl sites for hydroxylation is 1. The minimum atomic E-state index is -3.95. The van der Waals surface area contributed by atoms with Gasteiger partial charge in [-0.15, -0.1) is 0 Å². The Balaban J connectivity index is 2.08. The summed E-state index contributed by atoms with van der Waals surface area (Å²) in [4.78, 5) is 29.2. The van der Waals surface area contributed by atoms with E-state index in [9.17, 15) is 18.0 Å². The topological polar surface area (TPSA) is 86.8 Å². The van der Waals surface area contributed by atoms with Crippen molar-refractivity contribution in [1.29, 1.82) is 0 Å². The highest BCUT2D eigenvalue weighted by Gasteiger charge is 2.33. The van der Waals surface area contributed by atoms with Crippen molar-refractivity contribution in [3.8, 4) is 0 Å². The van der Waals surface area contributed by atoms with Crippen molar-refractivity contribution >= 4 is 50.7 Å². The standard InChI is InChI=1S/C30H35Cl2N3O4S/c1-21(2)18-33-30(37)28(16-23-11-6-5-7-12-23)34(19-24-13-9-8-10-22(24)3)29(36)20-35(40(4,38)39)27-17-25(31)14-15-26(27)32/h5-15,17,21,28H,16,18-20H2,1-4H3,(H,33,37)/t28-/m1/s1. The fourth-order valence-corrected chi connectivity index (χ4v) is 5.51. The van der Waals surface area contributed by atoms with Crippen LogP contribution in [0.25, 0.3) is 0 Å². The van der Waals surface area contributed by atoms with Crippen LogP contribution >= 0.6 is 23.2 Å². The number of hydrogen-bond donors (Lipinski definition) is 1. The van der Waals surface area contributed by atoms with Crippen molar-refractivity contribution in [2.75, 3.05) is 23.7 Å². The summed E-state index contributed by atoms with van der Waals surface area (Å²) < 4.78 is 26.8. The summed E-state index contributed by atoms with van der Waals surface area (Å²) in [5.41, 5.74) is 2.74. The van der Waals surface area contributed by atoms with Crippen LogP contribution in [0.15, 0.2) is 72.8 Å². The zero-order valence-electron chi connectivity index (χ0n) is 23.1. The molecule has 0 heterocycles. The summed E-state index contributed by atoms with van der Waals surface area (Å²) in [5.74, 6) is -0.663. The molecule has 1 N–H and O–H groups in total. The summed E-state index contributed by atoms with van der Waals surface area (Å²) in [6, 6.07) is 20.5. The molecule has 0 saturated carbocycles. The maximum Gasteiger partial charge on any atom is 0.244 e. The van der Waals surface area contributed by atoms with Crippen LogP contribution in [0, 0.1) is 12.8 Å². The highest BCUT2D eigenvalue weighted by atomic mass is 35.5. The van der Waals surface area contributed by atoms with Crippen LogP contribution < -0.4 is 9.62 Å². The van der Waals surface area contributed by atoms with E-state index in [0.29, 0.717) is 6.54 Å². The van der Waals surface area contributed by atoms with Gasteiger partial charge in [0.2, 0.25) is 21.8 Å². The van der Waals surface area contributed by atoms with Gasteiger partial charge in [0, 0.05) is 24.5 Å². The maximum atomic E-state index is 14.1. The summed E-state index contributed by atoms with van der Waals surface area (Å²) in [7, 11) is -3.95. The van der Waals surface area contributed by atoms with Crippen molar-refractivity contribution in [2.45, 2.75) is 39.8 Å². The molecule has 214 valence electrons. The minimum absolute atomic E-state index is 0.0877. The Morgan fingerprint density at radius 1 is 0.950 bits per heavy atom. The molecule has 2 amide bonds. The molecule has 7 nitrogen and oxygen atoms in total. The first kappa shape index (κ1) is 31.5. The largest absolute Gasteiger partial charge is 0.354 e. The number of hydrogen-bond acceptors (Lipinski definition) is 4. The van der Waals surface area contributed by atoms with E-state index in [4.69, 9.17) is 23.2 Å². The molecule has 10 heteroatoms. The van der Waals surface area contributed by atoms with Crippen LogP contribution in [0.5, 0.6) is 0 Å². The van der Waals surface area contributed by atoms with E-state index in [2.05, 4.69) is 5.32 Å². The van der Waals surface area contributed by atoms with Crippen molar-refractivity contribution < 1.29 is 18.0 Å². The molecule has 0 saturated heterocycles. The van der Waals surface area contributed by atoms with E-state index in [-0.39, 0.29) is 40.5 Å². The van der Waals surface area contributed by atoms with E-state index in [1.165, 1.54) is 23.1 Å². The number of carbonyl (C=O) groups is 2. The van der Waals surface area contributed by atoms with Gasteiger partial charge in [0.1, 0.15) is 12.6 Å². The number of rotatable bonds is 12.